The van der Waals surface area contributed by atoms with E-state index in [1.54, 1.807) is 10.9 Å². The summed E-state index contributed by atoms with van der Waals surface area (Å²) in [6, 6.07) is 7.92. The minimum atomic E-state index is -0.159. The summed E-state index contributed by atoms with van der Waals surface area (Å²) in [5.41, 5.74) is 3.44. The van der Waals surface area contributed by atoms with Gasteiger partial charge in [0.15, 0.2) is 11.6 Å². The number of fused-ring (bicyclic) bond motifs is 1. The predicted octanol–water partition coefficient (Wildman–Crippen LogP) is 3.82. The third kappa shape index (κ3) is 3.20. The number of hydrogen-bond donors (Lipinski definition) is 0. The lowest BCUT2D eigenvalue weighted by molar-refractivity contribution is -0.146. The number of carbonyl (C=O) groups excluding carboxylic acids is 2. The quantitative estimate of drug-likeness (QED) is 0.775. The first-order valence-electron chi connectivity index (χ1n) is 9.41. The summed E-state index contributed by atoms with van der Waals surface area (Å²) in [5.74, 6) is 0.535. The van der Waals surface area contributed by atoms with Crippen molar-refractivity contribution in [1.82, 2.24) is 9.78 Å². The molecule has 2 unspecified atom stereocenters. The third-order valence-corrected chi connectivity index (χ3v) is 5.66. The maximum Gasteiger partial charge on any atom is 0.308 e. The van der Waals surface area contributed by atoms with E-state index in [9.17, 15) is 9.59 Å². The zero-order valence-corrected chi connectivity index (χ0v) is 15.6. The average Bonchev–Trinajstić information content (AvgIpc) is 3.12. The molecule has 2 aromatic rings. The highest BCUT2D eigenvalue weighted by Gasteiger charge is 2.34. The zero-order valence-electron chi connectivity index (χ0n) is 15.6. The van der Waals surface area contributed by atoms with Crippen molar-refractivity contribution in [3.8, 4) is 5.69 Å². The summed E-state index contributed by atoms with van der Waals surface area (Å²) in [6.07, 6.45) is 5.37. The van der Waals surface area contributed by atoms with E-state index in [1.807, 2.05) is 31.2 Å². The maximum absolute atomic E-state index is 12.7. The Morgan fingerprint density at radius 1 is 1.26 bits per heavy atom. The van der Waals surface area contributed by atoms with Crippen LogP contribution in [0.25, 0.3) is 5.69 Å². The van der Waals surface area contributed by atoms with Gasteiger partial charge in [0.05, 0.1) is 36.9 Å². The molecule has 6 heteroatoms. The monoisotopic (exact) mass is 365 g/mol. The van der Waals surface area contributed by atoms with Crippen molar-refractivity contribution in [2.45, 2.75) is 39.0 Å². The Morgan fingerprint density at radius 2 is 2.07 bits per heavy atom. The Bertz CT molecular complexity index is 929. The summed E-state index contributed by atoms with van der Waals surface area (Å²) in [4.78, 5) is 29.5. The van der Waals surface area contributed by atoms with Crippen LogP contribution in [-0.2, 0) is 9.53 Å². The molecule has 0 spiro atoms. The van der Waals surface area contributed by atoms with E-state index in [2.05, 4.69) is 5.10 Å². The standard InChI is InChI=1S/C21H23N3O3/c1-13-6-3-4-9-18(13)24-20-16(12-22-24)19(25)11-17(23-20)14-7-5-8-15(10-14)21(26)27-2/h3-4,6,9,12,14-15H,5,7-8,10-11H2,1-2H3. The molecular weight excluding hydrogens is 342 g/mol. The fourth-order valence-corrected chi connectivity index (χ4v) is 4.17. The smallest absolute Gasteiger partial charge is 0.308 e. The molecule has 0 amide bonds. The Labute approximate surface area is 158 Å². The lowest BCUT2D eigenvalue weighted by Crippen LogP contribution is -2.30. The van der Waals surface area contributed by atoms with Crippen LogP contribution in [0.15, 0.2) is 35.5 Å². The van der Waals surface area contributed by atoms with Crippen molar-refractivity contribution in [2.24, 2.45) is 16.8 Å². The van der Waals surface area contributed by atoms with E-state index in [1.165, 1.54) is 7.11 Å². The van der Waals surface area contributed by atoms with Gasteiger partial charge in [0.2, 0.25) is 0 Å². The number of aryl methyl sites for hydroxylation is 1. The fraction of sp³-hybridized carbons (Fsp3) is 0.429. The molecule has 6 nitrogen and oxygen atoms in total. The molecule has 1 aromatic carbocycles. The number of methoxy groups -OCH3 is 1. The molecule has 1 saturated carbocycles. The van der Waals surface area contributed by atoms with Crippen LogP contribution in [0, 0.1) is 18.8 Å². The van der Waals surface area contributed by atoms with E-state index in [0.717, 1.165) is 36.2 Å². The van der Waals surface area contributed by atoms with E-state index >= 15 is 0 Å². The summed E-state index contributed by atoms with van der Waals surface area (Å²) < 4.78 is 6.67. The van der Waals surface area contributed by atoms with Crippen LogP contribution in [0.4, 0.5) is 5.82 Å². The van der Waals surface area contributed by atoms with Gasteiger partial charge in [-0.25, -0.2) is 9.67 Å². The van der Waals surface area contributed by atoms with Crippen LogP contribution in [0.5, 0.6) is 0 Å². The molecule has 1 aliphatic carbocycles. The molecule has 2 heterocycles. The fourth-order valence-electron chi connectivity index (χ4n) is 4.17. The zero-order chi connectivity index (χ0) is 19.0. The van der Waals surface area contributed by atoms with E-state index in [-0.39, 0.29) is 23.6 Å². The number of nitrogens with zero attached hydrogens (tertiary/aromatic N) is 3. The first-order valence-corrected chi connectivity index (χ1v) is 9.41. The molecule has 0 bridgehead atoms. The topological polar surface area (TPSA) is 73.5 Å². The van der Waals surface area contributed by atoms with Gasteiger partial charge in [-0.05, 0) is 43.7 Å². The largest absolute Gasteiger partial charge is 0.469 e. The molecule has 0 saturated heterocycles. The third-order valence-electron chi connectivity index (χ3n) is 5.66. The summed E-state index contributed by atoms with van der Waals surface area (Å²) >= 11 is 0. The molecule has 0 N–H and O–H groups in total. The number of para-hydroxylation sites is 1. The Balaban J connectivity index is 1.70. The van der Waals surface area contributed by atoms with Gasteiger partial charge >= 0.3 is 5.97 Å². The van der Waals surface area contributed by atoms with Crippen molar-refractivity contribution >= 4 is 23.3 Å². The highest BCUT2D eigenvalue weighted by atomic mass is 16.5. The minimum absolute atomic E-state index is 0.0509. The average molecular weight is 365 g/mol. The van der Waals surface area contributed by atoms with Crippen LogP contribution in [0.3, 0.4) is 0 Å². The lowest BCUT2D eigenvalue weighted by Gasteiger charge is -2.29. The van der Waals surface area contributed by atoms with Crippen molar-refractivity contribution < 1.29 is 14.3 Å². The lowest BCUT2D eigenvalue weighted by atomic mass is 9.77. The number of carbonyl (C=O) groups is 2. The second-order valence-corrected chi connectivity index (χ2v) is 7.37. The van der Waals surface area contributed by atoms with Gasteiger partial charge in [0.25, 0.3) is 0 Å². The molecule has 1 aromatic heterocycles. The van der Waals surface area contributed by atoms with Crippen LogP contribution in [0.1, 0.15) is 48.0 Å². The number of ketones is 1. The number of hydrogen-bond acceptors (Lipinski definition) is 5. The molecule has 1 aliphatic heterocycles. The van der Waals surface area contributed by atoms with Crippen LogP contribution < -0.4 is 0 Å². The van der Waals surface area contributed by atoms with Gasteiger partial charge in [-0.1, -0.05) is 24.6 Å². The first-order chi connectivity index (χ1) is 13.1. The molecule has 2 aliphatic rings. The van der Waals surface area contributed by atoms with Crippen molar-refractivity contribution in [1.29, 1.82) is 0 Å². The summed E-state index contributed by atoms with van der Waals surface area (Å²) in [6.45, 7) is 2.01. The van der Waals surface area contributed by atoms with Gasteiger partial charge in [0, 0.05) is 5.71 Å². The van der Waals surface area contributed by atoms with Crippen molar-refractivity contribution in [2.75, 3.05) is 7.11 Å². The van der Waals surface area contributed by atoms with Gasteiger partial charge in [-0.2, -0.15) is 5.10 Å². The Kier molecular flexibility index (Phi) is 4.64. The van der Waals surface area contributed by atoms with Gasteiger partial charge in [-0.3, -0.25) is 9.59 Å². The molecule has 0 radical (unpaired) electrons. The van der Waals surface area contributed by atoms with Crippen LogP contribution in [-0.4, -0.2) is 34.4 Å². The molecule has 2 atom stereocenters. The normalized spacial score (nSPS) is 22.1. The Morgan fingerprint density at radius 3 is 2.85 bits per heavy atom. The summed E-state index contributed by atoms with van der Waals surface area (Å²) in [5, 5.41) is 4.43. The number of Topliss-reactive ketones (excluding diaryl/α,β-unsaturated/α-hetero) is 1. The predicted molar refractivity (Wildman–Crippen MR) is 102 cm³/mol. The molecular formula is C21H23N3O3. The second-order valence-electron chi connectivity index (χ2n) is 7.37. The number of benzene rings is 1. The summed E-state index contributed by atoms with van der Waals surface area (Å²) in [7, 11) is 1.43. The van der Waals surface area contributed by atoms with Crippen molar-refractivity contribution in [3.63, 3.8) is 0 Å². The SMILES string of the molecule is COC(=O)C1CCCC(C2=Nc3c(cnn3-c3ccccc3C)C(=O)C2)C1. The number of ether oxygens (including phenoxy) is 1. The van der Waals surface area contributed by atoms with Gasteiger partial charge < -0.3 is 4.74 Å². The number of aromatic nitrogens is 2. The highest BCUT2D eigenvalue weighted by Crippen LogP contribution is 2.36. The maximum atomic E-state index is 12.7. The Hall–Kier alpha value is -2.76. The molecule has 4 rings (SSSR count). The van der Waals surface area contributed by atoms with E-state index in [4.69, 9.17) is 9.73 Å². The molecule has 27 heavy (non-hydrogen) atoms. The number of esters is 1. The highest BCUT2D eigenvalue weighted by molar-refractivity contribution is 6.16. The number of rotatable bonds is 3. The van der Waals surface area contributed by atoms with Gasteiger partial charge in [-0.15, -0.1) is 0 Å². The number of aliphatic imine (C=N–C) groups is 1. The second kappa shape index (κ2) is 7.10. The molecule has 140 valence electrons. The van der Waals surface area contributed by atoms with Crippen LogP contribution in [0.2, 0.25) is 0 Å². The van der Waals surface area contributed by atoms with E-state index in [0.29, 0.717) is 24.2 Å². The van der Waals surface area contributed by atoms with E-state index < -0.39 is 0 Å². The molecule has 1 fully saturated rings. The first kappa shape index (κ1) is 17.6. The van der Waals surface area contributed by atoms with Gasteiger partial charge in [0.1, 0.15) is 0 Å². The van der Waals surface area contributed by atoms with Crippen molar-refractivity contribution in [3.05, 3.63) is 41.6 Å². The van der Waals surface area contributed by atoms with Crippen LogP contribution >= 0.6 is 0 Å². The minimum Gasteiger partial charge on any atom is -0.469 e.